The number of likely N-dealkylation sites (tertiary alicyclic amines) is 1. The van der Waals surface area contributed by atoms with Crippen LogP contribution in [-0.4, -0.2) is 40.0 Å². The first-order chi connectivity index (χ1) is 11.4. The molecule has 1 amide bonds. The summed E-state index contributed by atoms with van der Waals surface area (Å²) in [4.78, 5) is 21.6. The molecule has 5 nitrogen and oxygen atoms in total. The van der Waals surface area contributed by atoms with E-state index in [0.717, 1.165) is 18.3 Å². The van der Waals surface area contributed by atoms with E-state index in [1.807, 2.05) is 0 Å². The maximum Gasteiger partial charge on any atom is 0.416 e. The molecule has 1 unspecified atom stereocenters. The van der Waals surface area contributed by atoms with Crippen molar-refractivity contribution in [3.63, 3.8) is 0 Å². The molecule has 0 saturated carbocycles. The zero-order valence-electron chi connectivity index (χ0n) is 12.5. The van der Waals surface area contributed by atoms with E-state index in [-0.39, 0.29) is 17.9 Å². The second kappa shape index (κ2) is 6.46. The minimum absolute atomic E-state index is 0.0898. The van der Waals surface area contributed by atoms with Gasteiger partial charge in [-0.25, -0.2) is 4.98 Å². The molecule has 0 N–H and O–H groups in total. The normalized spacial score (nSPS) is 17.8. The van der Waals surface area contributed by atoms with Gasteiger partial charge >= 0.3 is 6.18 Å². The van der Waals surface area contributed by atoms with Gasteiger partial charge in [0.15, 0.2) is 0 Å². The van der Waals surface area contributed by atoms with Crippen LogP contribution in [0.5, 0.6) is 5.88 Å². The van der Waals surface area contributed by atoms with Crippen molar-refractivity contribution in [1.82, 2.24) is 14.9 Å². The van der Waals surface area contributed by atoms with E-state index >= 15 is 0 Å². The lowest BCUT2D eigenvalue weighted by atomic mass is 10.2. The molecule has 0 radical (unpaired) electrons. The highest BCUT2D eigenvalue weighted by molar-refractivity contribution is 5.94. The summed E-state index contributed by atoms with van der Waals surface area (Å²) < 4.78 is 43.6. The summed E-state index contributed by atoms with van der Waals surface area (Å²) in [7, 11) is 0. The number of ether oxygens (including phenoxy) is 1. The van der Waals surface area contributed by atoms with Crippen molar-refractivity contribution in [2.45, 2.75) is 18.7 Å². The minimum atomic E-state index is -4.44. The molecule has 0 aromatic carbocycles. The number of nitrogens with zero attached hydrogens (tertiary/aromatic N) is 3. The van der Waals surface area contributed by atoms with Crippen molar-refractivity contribution < 1.29 is 22.7 Å². The third-order valence-corrected chi connectivity index (χ3v) is 3.71. The topological polar surface area (TPSA) is 55.3 Å². The Bertz CT molecular complexity index is 722. The summed E-state index contributed by atoms with van der Waals surface area (Å²) in [5, 5.41) is 0. The standard InChI is InChI=1S/C16H14F3N3O2/c17-16(18,19)12-3-7-21-14(9-12)24-13-4-8-22(10-13)15(23)11-1-5-20-6-2-11/h1-3,5-7,9,13H,4,8,10H2. The molecule has 2 aromatic rings. The van der Waals surface area contributed by atoms with Gasteiger partial charge < -0.3 is 9.64 Å². The van der Waals surface area contributed by atoms with E-state index in [1.54, 1.807) is 17.0 Å². The molecule has 3 rings (SSSR count). The lowest BCUT2D eigenvalue weighted by molar-refractivity contribution is -0.137. The Morgan fingerprint density at radius 1 is 1.21 bits per heavy atom. The number of carbonyl (C=O) groups is 1. The molecule has 1 aliphatic rings. The Morgan fingerprint density at radius 2 is 1.96 bits per heavy atom. The van der Waals surface area contributed by atoms with E-state index in [4.69, 9.17) is 4.74 Å². The van der Waals surface area contributed by atoms with Gasteiger partial charge in [-0.3, -0.25) is 9.78 Å². The zero-order chi connectivity index (χ0) is 17.2. The number of alkyl halides is 3. The van der Waals surface area contributed by atoms with Gasteiger partial charge in [-0.15, -0.1) is 0 Å². The average molecular weight is 337 g/mol. The third kappa shape index (κ3) is 3.64. The number of rotatable bonds is 3. The number of amides is 1. The van der Waals surface area contributed by atoms with Gasteiger partial charge in [0.2, 0.25) is 5.88 Å². The molecular weight excluding hydrogens is 323 g/mol. The van der Waals surface area contributed by atoms with Crippen molar-refractivity contribution in [3.8, 4) is 5.88 Å². The van der Waals surface area contributed by atoms with Crippen LogP contribution in [0, 0.1) is 0 Å². The first-order valence-electron chi connectivity index (χ1n) is 7.33. The molecule has 8 heteroatoms. The molecule has 1 aliphatic heterocycles. The SMILES string of the molecule is O=C(c1ccncc1)N1CCC(Oc2cc(C(F)(F)F)ccn2)C1. The molecule has 1 atom stereocenters. The van der Waals surface area contributed by atoms with Crippen LogP contribution in [0.25, 0.3) is 0 Å². The molecule has 3 heterocycles. The smallest absolute Gasteiger partial charge is 0.416 e. The number of hydrogen-bond donors (Lipinski definition) is 0. The predicted octanol–water partition coefficient (Wildman–Crippen LogP) is 2.79. The lowest BCUT2D eigenvalue weighted by Crippen LogP contribution is -2.31. The first-order valence-corrected chi connectivity index (χ1v) is 7.33. The average Bonchev–Trinajstić information content (AvgIpc) is 3.03. The Kier molecular flexibility index (Phi) is 4.37. The lowest BCUT2D eigenvalue weighted by Gasteiger charge is -2.17. The molecule has 24 heavy (non-hydrogen) atoms. The zero-order valence-corrected chi connectivity index (χ0v) is 12.5. The fraction of sp³-hybridized carbons (Fsp3) is 0.312. The largest absolute Gasteiger partial charge is 0.472 e. The number of hydrogen-bond acceptors (Lipinski definition) is 4. The van der Waals surface area contributed by atoms with Crippen LogP contribution in [0.1, 0.15) is 22.3 Å². The summed E-state index contributed by atoms with van der Waals surface area (Å²) in [6.07, 6.45) is -0.165. The summed E-state index contributed by atoms with van der Waals surface area (Å²) in [5.41, 5.74) is -0.293. The molecule has 0 bridgehead atoms. The van der Waals surface area contributed by atoms with E-state index < -0.39 is 11.7 Å². The summed E-state index contributed by atoms with van der Waals surface area (Å²) in [6, 6.07) is 4.99. The van der Waals surface area contributed by atoms with Gasteiger partial charge in [0, 0.05) is 43.2 Å². The minimum Gasteiger partial charge on any atom is -0.472 e. The predicted molar refractivity (Wildman–Crippen MR) is 78.4 cm³/mol. The maximum absolute atomic E-state index is 12.7. The van der Waals surface area contributed by atoms with E-state index in [9.17, 15) is 18.0 Å². The van der Waals surface area contributed by atoms with Crippen LogP contribution in [0.2, 0.25) is 0 Å². The molecule has 126 valence electrons. The quantitative estimate of drug-likeness (QED) is 0.864. The highest BCUT2D eigenvalue weighted by Gasteiger charge is 2.32. The van der Waals surface area contributed by atoms with Crippen molar-refractivity contribution in [3.05, 3.63) is 54.0 Å². The van der Waals surface area contributed by atoms with E-state index in [1.165, 1.54) is 12.4 Å². The Hall–Kier alpha value is -2.64. The second-order valence-corrected chi connectivity index (χ2v) is 5.40. The van der Waals surface area contributed by atoms with E-state index in [2.05, 4.69) is 9.97 Å². The van der Waals surface area contributed by atoms with Gasteiger partial charge in [0.05, 0.1) is 12.1 Å². The fourth-order valence-corrected chi connectivity index (χ4v) is 2.51. The van der Waals surface area contributed by atoms with Crippen molar-refractivity contribution in [2.75, 3.05) is 13.1 Å². The monoisotopic (exact) mass is 337 g/mol. The van der Waals surface area contributed by atoms with Crippen LogP contribution in [0.4, 0.5) is 13.2 Å². The second-order valence-electron chi connectivity index (χ2n) is 5.40. The number of carbonyl (C=O) groups excluding carboxylic acids is 1. The Labute approximate surface area is 136 Å². The van der Waals surface area contributed by atoms with Gasteiger partial charge in [-0.1, -0.05) is 0 Å². The van der Waals surface area contributed by atoms with Crippen LogP contribution >= 0.6 is 0 Å². The highest BCUT2D eigenvalue weighted by atomic mass is 19.4. The molecule has 1 fully saturated rings. The van der Waals surface area contributed by atoms with Crippen LogP contribution in [0.3, 0.4) is 0 Å². The van der Waals surface area contributed by atoms with Crippen LogP contribution in [0.15, 0.2) is 42.9 Å². The van der Waals surface area contributed by atoms with Crippen LogP contribution in [-0.2, 0) is 6.18 Å². The molecule has 0 spiro atoms. The van der Waals surface area contributed by atoms with E-state index in [0.29, 0.717) is 25.1 Å². The summed E-state index contributed by atoms with van der Waals surface area (Å²) in [5.74, 6) is -0.242. The maximum atomic E-state index is 12.7. The fourth-order valence-electron chi connectivity index (χ4n) is 2.51. The number of pyridine rings is 2. The first kappa shape index (κ1) is 16.2. The van der Waals surface area contributed by atoms with Crippen LogP contribution < -0.4 is 4.74 Å². The molecule has 1 saturated heterocycles. The number of halogens is 3. The third-order valence-electron chi connectivity index (χ3n) is 3.71. The van der Waals surface area contributed by atoms with Gasteiger partial charge in [-0.05, 0) is 18.2 Å². The molecule has 0 aliphatic carbocycles. The highest BCUT2D eigenvalue weighted by Crippen LogP contribution is 2.31. The van der Waals surface area contributed by atoms with Crippen molar-refractivity contribution in [1.29, 1.82) is 0 Å². The number of aromatic nitrogens is 2. The van der Waals surface area contributed by atoms with Crippen molar-refractivity contribution >= 4 is 5.91 Å². The van der Waals surface area contributed by atoms with Gasteiger partial charge in [-0.2, -0.15) is 13.2 Å². The van der Waals surface area contributed by atoms with Gasteiger partial charge in [0.1, 0.15) is 6.10 Å². The summed E-state index contributed by atoms with van der Waals surface area (Å²) >= 11 is 0. The Balaban J connectivity index is 1.64. The molecular formula is C16H14F3N3O2. The molecule has 2 aromatic heterocycles. The Morgan fingerprint density at radius 3 is 2.67 bits per heavy atom. The summed E-state index contributed by atoms with van der Waals surface area (Å²) in [6.45, 7) is 0.782. The van der Waals surface area contributed by atoms with Gasteiger partial charge in [0.25, 0.3) is 5.91 Å². The van der Waals surface area contributed by atoms with Crippen molar-refractivity contribution in [2.24, 2.45) is 0 Å².